The van der Waals surface area contributed by atoms with Gasteiger partial charge in [0.15, 0.2) is 17.6 Å². The second kappa shape index (κ2) is 4.09. The third-order valence-electron chi connectivity index (χ3n) is 1.99. The number of carbonyl (C=O) groups excluding carboxylic acids is 2. The molecule has 2 rings (SSSR count). The number of carbonyl (C=O) groups is 2. The molecule has 0 amide bonds. The van der Waals surface area contributed by atoms with Crippen molar-refractivity contribution in [1.29, 1.82) is 0 Å². The quantitative estimate of drug-likeness (QED) is 0.561. The Bertz CT molecular complexity index is 547. The molecule has 16 heavy (non-hydrogen) atoms. The highest BCUT2D eigenvalue weighted by molar-refractivity contribution is 5.88. The van der Waals surface area contributed by atoms with Crippen molar-refractivity contribution in [2.45, 2.75) is 6.92 Å². The van der Waals surface area contributed by atoms with E-state index in [1.807, 2.05) is 0 Å². The van der Waals surface area contributed by atoms with E-state index >= 15 is 0 Å². The van der Waals surface area contributed by atoms with E-state index in [0.29, 0.717) is 11.9 Å². The van der Waals surface area contributed by atoms with Crippen LogP contribution < -0.4 is 0 Å². The highest BCUT2D eigenvalue weighted by atomic mass is 16.5. The smallest absolute Gasteiger partial charge is 0.358 e. The van der Waals surface area contributed by atoms with Crippen molar-refractivity contribution in [3.8, 4) is 0 Å². The van der Waals surface area contributed by atoms with Crippen LogP contribution in [0.15, 0.2) is 18.3 Å². The number of hydrogen-bond donors (Lipinski definition) is 0. The van der Waals surface area contributed by atoms with Gasteiger partial charge in [-0.3, -0.25) is 4.79 Å². The zero-order chi connectivity index (χ0) is 11.5. The van der Waals surface area contributed by atoms with Gasteiger partial charge in [-0.05, 0) is 19.1 Å². The monoisotopic (exact) mass is 219 g/mol. The lowest BCUT2D eigenvalue weighted by Gasteiger charge is -2.00. The SMILES string of the molecule is CCOC(=O)c1cnc2ccc(C=O)nn12. The highest BCUT2D eigenvalue weighted by Gasteiger charge is 2.14. The molecule has 0 N–H and O–H groups in total. The molecule has 6 heteroatoms. The van der Waals surface area contributed by atoms with Crippen LogP contribution in [0.25, 0.3) is 5.65 Å². The molecule has 0 aliphatic rings. The van der Waals surface area contributed by atoms with Crippen molar-refractivity contribution in [2.24, 2.45) is 0 Å². The normalized spacial score (nSPS) is 10.3. The molecule has 0 aliphatic carbocycles. The summed E-state index contributed by atoms with van der Waals surface area (Å²) in [6, 6.07) is 3.14. The molecule has 0 unspecified atom stereocenters. The number of aromatic nitrogens is 3. The van der Waals surface area contributed by atoms with E-state index in [-0.39, 0.29) is 18.0 Å². The van der Waals surface area contributed by atoms with Gasteiger partial charge in [-0.25, -0.2) is 14.3 Å². The summed E-state index contributed by atoms with van der Waals surface area (Å²) in [5.41, 5.74) is 0.935. The van der Waals surface area contributed by atoms with Crippen molar-refractivity contribution in [3.63, 3.8) is 0 Å². The van der Waals surface area contributed by atoms with Gasteiger partial charge in [-0.15, -0.1) is 0 Å². The van der Waals surface area contributed by atoms with Crippen LogP contribution in [-0.2, 0) is 4.74 Å². The third kappa shape index (κ3) is 1.65. The van der Waals surface area contributed by atoms with Gasteiger partial charge in [-0.1, -0.05) is 0 Å². The summed E-state index contributed by atoms with van der Waals surface area (Å²) in [7, 11) is 0. The maximum atomic E-state index is 11.5. The summed E-state index contributed by atoms with van der Waals surface area (Å²) < 4.78 is 6.13. The van der Waals surface area contributed by atoms with Crippen molar-refractivity contribution in [3.05, 3.63) is 29.7 Å². The summed E-state index contributed by atoms with van der Waals surface area (Å²) in [4.78, 5) is 26.1. The van der Waals surface area contributed by atoms with Gasteiger partial charge in [0.1, 0.15) is 5.69 Å². The molecule has 0 saturated carbocycles. The summed E-state index contributed by atoms with van der Waals surface area (Å²) >= 11 is 0. The number of rotatable bonds is 3. The molecule has 82 valence electrons. The van der Waals surface area contributed by atoms with E-state index in [0.717, 1.165) is 0 Å². The topological polar surface area (TPSA) is 73.6 Å². The number of fused-ring (bicyclic) bond motifs is 1. The van der Waals surface area contributed by atoms with E-state index in [9.17, 15) is 9.59 Å². The van der Waals surface area contributed by atoms with Gasteiger partial charge in [0, 0.05) is 0 Å². The number of nitrogens with zero attached hydrogens (tertiary/aromatic N) is 3. The van der Waals surface area contributed by atoms with Crippen LogP contribution in [-0.4, -0.2) is 33.5 Å². The Hall–Kier alpha value is -2.24. The molecule has 0 spiro atoms. The number of aldehydes is 1. The van der Waals surface area contributed by atoms with Crippen molar-refractivity contribution >= 4 is 17.9 Å². The number of imidazole rings is 1. The van der Waals surface area contributed by atoms with Crippen LogP contribution in [0.1, 0.15) is 27.9 Å². The Balaban J connectivity index is 2.53. The van der Waals surface area contributed by atoms with Crippen molar-refractivity contribution in [2.75, 3.05) is 6.61 Å². The van der Waals surface area contributed by atoms with E-state index < -0.39 is 5.97 Å². The summed E-state index contributed by atoms with van der Waals surface area (Å²) in [5.74, 6) is -0.509. The summed E-state index contributed by atoms with van der Waals surface area (Å²) in [6.07, 6.45) is 1.98. The maximum Gasteiger partial charge on any atom is 0.358 e. The van der Waals surface area contributed by atoms with Crippen molar-refractivity contribution < 1.29 is 14.3 Å². The van der Waals surface area contributed by atoms with Crippen LogP contribution >= 0.6 is 0 Å². The Labute approximate surface area is 90.9 Å². The molecule has 0 radical (unpaired) electrons. The molecule has 2 aromatic rings. The molecular weight excluding hydrogens is 210 g/mol. The van der Waals surface area contributed by atoms with Crippen LogP contribution in [0.5, 0.6) is 0 Å². The van der Waals surface area contributed by atoms with E-state index in [4.69, 9.17) is 4.74 Å². The average Bonchev–Trinajstić information content (AvgIpc) is 2.71. The predicted octanol–water partition coefficient (Wildman–Crippen LogP) is 0.718. The first kappa shape index (κ1) is 10.3. The molecule has 0 fully saturated rings. The van der Waals surface area contributed by atoms with Gasteiger partial charge >= 0.3 is 5.97 Å². The minimum atomic E-state index is -0.509. The van der Waals surface area contributed by atoms with Gasteiger partial charge < -0.3 is 4.74 Å². The number of ether oxygens (including phenoxy) is 1. The lowest BCUT2D eigenvalue weighted by molar-refractivity contribution is 0.0516. The molecule has 0 atom stereocenters. The van der Waals surface area contributed by atoms with Gasteiger partial charge in [0.2, 0.25) is 0 Å². The second-order valence-corrected chi connectivity index (χ2v) is 3.01. The first-order chi connectivity index (χ1) is 7.76. The molecule has 0 saturated heterocycles. The predicted molar refractivity (Wildman–Crippen MR) is 54.3 cm³/mol. The standard InChI is InChI=1S/C10H9N3O3/c1-2-16-10(15)8-5-11-9-4-3-7(6-14)12-13(8)9/h3-6H,2H2,1H3. The van der Waals surface area contributed by atoms with E-state index in [1.54, 1.807) is 13.0 Å². The average molecular weight is 219 g/mol. The first-order valence-electron chi connectivity index (χ1n) is 4.73. The fraction of sp³-hybridized carbons (Fsp3) is 0.200. The van der Waals surface area contributed by atoms with Crippen molar-refractivity contribution in [1.82, 2.24) is 14.6 Å². The molecular formula is C10H9N3O3. The lowest BCUT2D eigenvalue weighted by Crippen LogP contribution is -2.10. The Morgan fingerprint density at radius 2 is 2.38 bits per heavy atom. The molecule has 2 aromatic heterocycles. The Kier molecular flexibility index (Phi) is 2.63. The fourth-order valence-corrected chi connectivity index (χ4v) is 1.29. The highest BCUT2D eigenvalue weighted by Crippen LogP contribution is 2.06. The maximum absolute atomic E-state index is 11.5. The molecule has 0 bridgehead atoms. The minimum Gasteiger partial charge on any atom is -0.461 e. The molecule has 0 aromatic carbocycles. The Morgan fingerprint density at radius 1 is 1.56 bits per heavy atom. The van der Waals surface area contributed by atoms with Gasteiger partial charge in [-0.2, -0.15) is 5.10 Å². The minimum absolute atomic E-state index is 0.209. The van der Waals surface area contributed by atoms with Crippen LogP contribution in [0.3, 0.4) is 0 Å². The number of hydrogen-bond acceptors (Lipinski definition) is 5. The zero-order valence-electron chi connectivity index (χ0n) is 8.58. The summed E-state index contributed by atoms with van der Waals surface area (Å²) in [5, 5.41) is 3.94. The molecule has 0 aliphatic heterocycles. The fourth-order valence-electron chi connectivity index (χ4n) is 1.29. The summed E-state index contributed by atoms with van der Waals surface area (Å²) in [6.45, 7) is 1.99. The number of esters is 1. The largest absolute Gasteiger partial charge is 0.461 e. The van der Waals surface area contributed by atoms with E-state index in [1.165, 1.54) is 16.8 Å². The van der Waals surface area contributed by atoms with Gasteiger partial charge in [0.25, 0.3) is 0 Å². The van der Waals surface area contributed by atoms with E-state index in [2.05, 4.69) is 10.1 Å². The molecule has 6 nitrogen and oxygen atoms in total. The third-order valence-corrected chi connectivity index (χ3v) is 1.99. The van der Waals surface area contributed by atoms with Crippen LogP contribution in [0.2, 0.25) is 0 Å². The van der Waals surface area contributed by atoms with Crippen LogP contribution in [0.4, 0.5) is 0 Å². The zero-order valence-corrected chi connectivity index (χ0v) is 8.58. The second-order valence-electron chi connectivity index (χ2n) is 3.01. The van der Waals surface area contributed by atoms with Crippen LogP contribution in [0, 0.1) is 0 Å². The van der Waals surface area contributed by atoms with Gasteiger partial charge in [0.05, 0.1) is 12.8 Å². The lowest BCUT2D eigenvalue weighted by atomic mass is 10.4. The Morgan fingerprint density at radius 3 is 3.06 bits per heavy atom. The first-order valence-corrected chi connectivity index (χ1v) is 4.73. The molecule has 2 heterocycles.